The van der Waals surface area contributed by atoms with Crippen LogP contribution in [0, 0.1) is 0 Å². The van der Waals surface area contributed by atoms with E-state index in [1.165, 1.54) is 6.42 Å². The lowest BCUT2D eigenvalue weighted by Gasteiger charge is -2.27. The minimum absolute atomic E-state index is 0.186. The number of amides is 1. The molecule has 1 atom stereocenters. The van der Waals surface area contributed by atoms with Crippen LogP contribution in [0.5, 0.6) is 0 Å². The van der Waals surface area contributed by atoms with Crippen molar-refractivity contribution in [2.45, 2.75) is 52.0 Å². The molecular weight excluding hydrogens is 572 g/mol. The van der Waals surface area contributed by atoms with Gasteiger partial charge >= 0.3 is 7.60 Å². The summed E-state index contributed by atoms with van der Waals surface area (Å²) in [6, 6.07) is 12.8. The normalized spacial score (nSPS) is 18.1. The molecule has 1 amide bonds. The van der Waals surface area contributed by atoms with E-state index in [0.29, 0.717) is 54.5 Å². The van der Waals surface area contributed by atoms with Gasteiger partial charge in [0.05, 0.1) is 31.1 Å². The van der Waals surface area contributed by atoms with Gasteiger partial charge < -0.3 is 14.4 Å². The van der Waals surface area contributed by atoms with Crippen molar-refractivity contribution in [3.8, 4) is 0 Å². The number of hydrazine groups is 1. The highest BCUT2D eigenvalue weighted by Gasteiger charge is 2.34. The van der Waals surface area contributed by atoms with E-state index in [1.54, 1.807) is 13.8 Å². The van der Waals surface area contributed by atoms with Gasteiger partial charge in [0.25, 0.3) is 5.91 Å². The van der Waals surface area contributed by atoms with Crippen molar-refractivity contribution in [1.82, 2.24) is 10.4 Å². The smallest absolute Gasteiger partial charge is 0.330 e. The van der Waals surface area contributed by atoms with E-state index in [0.717, 1.165) is 42.9 Å². The third kappa shape index (κ3) is 8.21. The summed E-state index contributed by atoms with van der Waals surface area (Å²) in [7, 11) is -3.12. The summed E-state index contributed by atoms with van der Waals surface area (Å²) in [5.41, 5.74) is 6.10. The second-order valence-corrected chi connectivity index (χ2v) is 12.8. The Hall–Kier alpha value is -2.13. The molecule has 0 saturated carbocycles. The van der Waals surface area contributed by atoms with Gasteiger partial charge in [-0.15, -0.1) is 0 Å². The molecule has 9 nitrogen and oxygen atoms in total. The van der Waals surface area contributed by atoms with E-state index in [-0.39, 0.29) is 11.9 Å². The number of carbonyl (C=O) groups is 1. The molecule has 4 rings (SSSR count). The highest BCUT2D eigenvalue weighted by atomic mass is 35.5. The van der Waals surface area contributed by atoms with Crippen LogP contribution in [0.15, 0.2) is 47.6 Å². The molecular formula is C28H38Cl2N5O4P. The Labute approximate surface area is 246 Å². The molecule has 2 N–H and O–H groups in total. The van der Waals surface area contributed by atoms with Gasteiger partial charge in [-0.1, -0.05) is 35.7 Å². The fourth-order valence-electron chi connectivity index (χ4n) is 4.96. The van der Waals surface area contributed by atoms with Crippen molar-refractivity contribution in [2.24, 2.45) is 5.10 Å². The number of carbonyl (C=O) groups excluding carboxylic acids is 1. The number of halogens is 2. The molecule has 218 valence electrons. The van der Waals surface area contributed by atoms with Gasteiger partial charge in [0.15, 0.2) is 0 Å². The minimum Gasteiger partial charge on any atom is -0.385 e. The van der Waals surface area contributed by atoms with Gasteiger partial charge in [0.2, 0.25) is 0 Å². The average Bonchev–Trinajstić information content (AvgIpc) is 3.38. The van der Waals surface area contributed by atoms with E-state index in [4.69, 9.17) is 37.4 Å². The molecule has 2 aliphatic heterocycles. The standard InChI is InChI=1S/C28H38Cl2N5O4P/c1-3-38-40(37,39-4-2)18-8-15-31-25-19-22(30)11-14-24(25)27-20-26(28(36)33-34-16-6-5-7-17-34)32-35(27)23-12-9-21(29)10-13-23/h9-14,19,27,31H,3-8,15-18,20H2,1-2H3,(H,33,36). The molecule has 1 saturated heterocycles. The van der Waals surface area contributed by atoms with Gasteiger partial charge in [-0.25, -0.2) is 5.01 Å². The minimum atomic E-state index is -3.12. The first-order valence-corrected chi connectivity index (χ1v) is 16.4. The average molecular weight is 611 g/mol. The molecule has 2 aromatic rings. The monoisotopic (exact) mass is 609 g/mol. The summed E-state index contributed by atoms with van der Waals surface area (Å²) in [5, 5.41) is 13.3. The Morgan fingerprint density at radius 2 is 1.70 bits per heavy atom. The number of nitrogens with zero attached hydrogens (tertiary/aromatic N) is 3. The Morgan fingerprint density at radius 1 is 1.02 bits per heavy atom. The van der Waals surface area contributed by atoms with E-state index in [9.17, 15) is 9.36 Å². The van der Waals surface area contributed by atoms with Crippen molar-refractivity contribution >= 4 is 53.8 Å². The van der Waals surface area contributed by atoms with Gasteiger partial charge in [0.1, 0.15) is 5.71 Å². The number of benzene rings is 2. The van der Waals surface area contributed by atoms with Crippen LogP contribution < -0.4 is 15.8 Å². The van der Waals surface area contributed by atoms with Gasteiger partial charge in [-0.05, 0) is 69.5 Å². The number of piperidine rings is 1. The number of anilines is 2. The quantitative estimate of drug-likeness (QED) is 0.189. The molecule has 40 heavy (non-hydrogen) atoms. The van der Waals surface area contributed by atoms with Crippen molar-refractivity contribution in [3.05, 3.63) is 58.1 Å². The third-order valence-corrected chi connectivity index (χ3v) is 9.48. The summed E-state index contributed by atoms with van der Waals surface area (Å²) in [6.07, 6.45) is 4.62. The Morgan fingerprint density at radius 3 is 2.38 bits per heavy atom. The Bertz CT molecular complexity index is 1210. The van der Waals surface area contributed by atoms with E-state index >= 15 is 0 Å². The maximum Gasteiger partial charge on any atom is 0.330 e. The first-order chi connectivity index (χ1) is 19.3. The summed E-state index contributed by atoms with van der Waals surface area (Å²) < 4.78 is 23.7. The summed E-state index contributed by atoms with van der Waals surface area (Å²) in [4.78, 5) is 13.3. The third-order valence-electron chi connectivity index (χ3n) is 6.83. The van der Waals surface area contributed by atoms with Crippen molar-refractivity contribution in [1.29, 1.82) is 0 Å². The highest BCUT2D eigenvalue weighted by molar-refractivity contribution is 7.53. The maximum absolute atomic E-state index is 13.3. The number of hydrogen-bond donors (Lipinski definition) is 2. The Kier molecular flexibility index (Phi) is 11.3. The van der Waals surface area contributed by atoms with Crippen LogP contribution in [-0.2, 0) is 18.4 Å². The number of hydrogen-bond acceptors (Lipinski definition) is 8. The number of nitrogens with one attached hydrogen (secondary N) is 2. The van der Waals surface area contributed by atoms with Crippen LogP contribution in [0.1, 0.15) is 57.6 Å². The van der Waals surface area contributed by atoms with Gasteiger partial charge in [0, 0.05) is 47.4 Å². The van der Waals surface area contributed by atoms with Gasteiger partial charge in [-0.2, -0.15) is 5.10 Å². The molecule has 1 unspecified atom stereocenters. The summed E-state index contributed by atoms with van der Waals surface area (Å²) >= 11 is 12.6. The van der Waals surface area contributed by atoms with E-state index < -0.39 is 7.60 Å². The fourth-order valence-corrected chi connectivity index (χ4v) is 6.93. The first kappa shape index (κ1) is 30.8. The van der Waals surface area contributed by atoms with Crippen LogP contribution in [0.4, 0.5) is 11.4 Å². The predicted octanol–water partition coefficient (Wildman–Crippen LogP) is 6.89. The number of hydrazone groups is 1. The van der Waals surface area contributed by atoms with Crippen LogP contribution in [0.3, 0.4) is 0 Å². The van der Waals surface area contributed by atoms with Crippen molar-refractivity contribution in [2.75, 3.05) is 49.3 Å². The second kappa shape index (κ2) is 14.7. The molecule has 2 heterocycles. The molecule has 2 aromatic carbocycles. The Balaban J connectivity index is 1.53. The highest BCUT2D eigenvalue weighted by Crippen LogP contribution is 2.48. The molecule has 0 spiro atoms. The lowest BCUT2D eigenvalue weighted by Crippen LogP contribution is -2.47. The second-order valence-electron chi connectivity index (χ2n) is 9.76. The molecule has 12 heteroatoms. The molecule has 1 fully saturated rings. The SMILES string of the molecule is CCOP(=O)(CCCNc1cc(Cl)ccc1C1CC(C(=O)NN2CCCCC2)=NN1c1ccc(Cl)cc1)OCC. The molecule has 0 aliphatic carbocycles. The van der Waals surface area contributed by atoms with Crippen LogP contribution in [0.25, 0.3) is 0 Å². The zero-order chi connectivity index (χ0) is 28.5. The molecule has 0 aromatic heterocycles. The fraction of sp³-hybridized carbons (Fsp3) is 0.500. The first-order valence-electron chi connectivity index (χ1n) is 13.9. The van der Waals surface area contributed by atoms with Crippen LogP contribution >= 0.6 is 30.8 Å². The summed E-state index contributed by atoms with van der Waals surface area (Å²) in [6.45, 7) is 6.49. The van der Waals surface area contributed by atoms with E-state index in [1.807, 2.05) is 52.5 Å². The van der Waals surface area contributed by atoms with E-state index in [2.05, 4.69) is 10.7 Å². The zero-order valence-electron chi connectivity index (χ0n) is 23.1. The lowest BCUT2D eigenvalue weighted by molar-refractivity contribution is -0.119. The topological polar surface area (TPSA) is 95.5 Å². The summed E-state index contributed by atoms with van der Waals surface area (Å²) in [5.74, 6) is -0.186. The van der Waals surface area contributed by atoms with Crippen molar-refractivity contribution in [3.63, 3.8) is 0 Å². The molecule has 0 bridgehead atoms. The molecule has 2 aliphatic rings. The zero-order valence-corrected chi connectivity index (χ0v) is 25.5. The molecule has 0 radical (unpaired) electrons. The maximum atomic E-state index is 13.3. The van der Waals surface area contributed by atoms with Gasteiger partial charge in [-0.3, -0.25) is 19.8 Å². The predicted molar refractivity (Wildman–Crippen MR) is 163 cm³/mol. The van der Waals surface area contributed by atoms with Crippen LogP contribution in [-0.4, -0.2) is 55.6 Å². The largest absolute Gasteiger partial charge is 0.385 e. The van der Waals surface area contributed by atoms with Crippen LogP contribution in [0.2, 0.25) is 10.0 Å². The number of rotatable bonds is 13. The van der Waals surface area contributed by atoms with Crippen molar-refractivity contribution < 1.29 is 18.4 Å². The lowest BCUT2D eigenvalue weighted by atomic mass is 9.99.